The Morgan fingerprint density at radius 1 is 0.762 bits per heavy atom. The van der Waals surface area contributed by atoms with E-state index in [0.29, 0.717) is 12.8 Å². The van der Waals surface area contributed by atoms with E-state index in [1.165, 1.54) is 0 Å². The molecule has 2 fully saturated rings. The molecule has 3 atom stereocenters. The Hall–Kier alpha value is -0.460. The third-order valence-electron chi connectivity index (χ3n) is 4.74. The highest BCUT2D eigenvalue weighted by Gasteiger charge is 2.73. The molecule has 0 aromatic heterocycles. The normalized spacial score (nSPS) is 30.4. The van der Waals surface area contributed by atoms with Crippen LogP contribution in [0.3, 0.4) is 0 Å². The molecule has 3 unspecified atom stereocenters. The van der Waals surface area contributed by atoms with Gasteiger partial charge in [-0.05, 0) is 31.1 Å². The average Bonchev–Trinajstić information content (AvgIpc) is 2.84. The van der Waals surface area contributed by atoms with Gasteiger partial charge in [-0.3, -0.25) is 0 Å². The molecule has 126 valence electrons. The highest BCUT2D eigenvalue weighted by Crippen LogP contribution is 2.55. The van der Waals surface area contributed by atoms with Crippen LogP contribution in [-0.4, -0.2) is 23.1 Å². The zero-order valence-corrected chi connectivity index (χ0v) is 12.2. The van der Waals surface area contributed by atoms with Gasteiger partial charge >= 0.3 is 12.4 Å². The second-order valence-corrected chi connectivity index (χ2v) is 5.72. The second-order valence-electron chi connectivity index (χ2n) is 5.72. The van der Waals surface area contributed by atoms with Gasteiger partial charge in [0.2, 0.25) is 0 Å². The van der Waals surface area contributed by atoms with Crippen molar-refractivity contribution in [2.24, 2.45) is 17.8 Å². The average molecular weight is 320 g/mol. The lowest BCUT2D eigenvalue weighted by molar-refractivity contribution is -0.388. The Labute approximate surface area is 120 Å². The van der Waals surface area contributed by atoms with Gasteiger partial charge in [0, 0.05) is 5.92 Å². The standard InChI is InChI=1S/C12H16F6O.C2H6/c13-11(14,15)10(19,12(16,17)18)9-5-4-7-2-1-3-8(7)6-9;1-2/h7-9,19H,1-6H2;1-2H3. The summed E-state index contributed by atoms with van der Waals surface area (Å²) >= 11 is 0. The molecule has 0 saturated heterocycles. The van der Waals surface area contributed by atoms with E-state index in [1.807, 2.05) is 13.8 Å². The summed E-state index contributed by atoms with van der Waals surface area (Å²) in [6.45, 7) is 4.00. The van der Waals surface area contributed by atoms with Gasteiger partial charge in [0.25, 0.3) is 5.60 Å². The summed E-state index contributed by atoms with van der Waals surface area (Å²) in [6, 6.07) is 0. The van der Waals surface area contributed by atoms with Crippen LogP contribution in [0.5, 0.6) is 0 Å². The first-order valence-electron chi connectivity index (χ1n) is 7.43. The molecular formula is C14H22F6O. The minimum atomic E-state index is -5.68. The van der Waals surface area contributed by atoms with Gasteiger partial charge in [0.1, 0.15) is 0 Å². The molecule has 0 radical (unpaired) electrons. The number of halogens is 6. The minimum Gasteiger partial charge on any atom is -0.373 e. The molecule has 0 amide bonds. The van der Waals surface area contributed by atoms with Crippen molar-refractivity contribution in [1.82, 2.24) is 0 Å². The largest absolute Gasteiger partial charge is 0.426 e. The van der Waals surface area contributed by atoms with Crippen LogP contribution >= 0.6 is 0 Å². The zero-order chi connectivity index (χ0) is 16.5. The van der Waals surface area contributed by atoms with Gasteiger partial charge in [-0.1, -0.05) is 33.1 Å². The quantitative estimate of drug-likeness (QED) is 0.668. The number of rotatable bonds is 1. The molecule has 0 aromatic rings. The van der Waals surface area contributed by atoms with Gasteiger partial charge in [-0.2, -0.15) is 26.3 Å². The van der Waals surface area contributed by atoms with Gasteiger partial charge in [0.05, 0.1) is 0 Å². The third-order valence-corrected chi connectivity index (χ3v) is 4.74. The first-order chi connectivity index (χ1) is 9.57. The van der Waals surface area contributed by atoms with E-state index in [0.717, 1.165) is 12.8 Å². The fourth-order valence-corrected chi connectivity index (χ4v) is 3.71. The van der Waals surface area contributed by atoms with Gasteiger partial charge in [-0.15, -0.1) is 0 Å². The lowest BCUT2D eigenvalue weighted by Crippen LogP contribution is -2.62. The molecule has 0 aromatic carbocycles. The minimum absolute atomic E-state index is 0.102. The molecule has 7 heteroatoms. The molecule has 0 aliphatic heterocycles. The SMILES string of the molecule is CC.OC(C1CCC2CCCC2C1)(C(F)(F)F)C(F)(F)F. The van der Waals surface area contributed by atoms with Crippen molar-refractivity contribution < 1.29 is 31.4 Å². The predicted octanol–water partition coefficient (Wildman–Crippen LogP) is 5.08. The van der Waals surface area contributed by atoms with Crippen LogP contribution in [0.4, 0.5) is 26.3 Å². The summed E-state index contributed by atoms with van der Waals surface area (Å²) in [4.78, 5) is 0. The summed E-state index contributed by atoms with van der Waals surface area (Å²) in [7, 11) is 0. The highest BCUT2D eigenvalue weighted by molar-refractivity contribution is 5.02. The Kier molecular flexibility index (Phi) is 5.61. The fraction of sp³-hybridized carbons (Fsp3) is 1.00. The molecule has 1 N–H and O–H groups in total. The van der Waals surface area contributed by atoms with Crippen LogP contribution in [-0.2, 0) is 0 Å². The molecule has 0 spiro atoms. The van der Waals surface area contributed by atoms with Crippen LogP contribution < -0.4 is 0 Å². The van der Waals surface area contributed by atoms with Crippen molar-refractivity contribution in [3.05, 3.63) is 0 Å². The van der Waals surface area contributed by atoms with Gasteiger partial charge in [0.15, 0.2) is 0 Å². The number of fused-ring (bicyclic) bond motifs is 1. The smallest absolute Gasteiger partial charge is 0.373 e. The van der Waals surface area contributed by atoms with Crippen LogP contribution in [0.25, 0.3) is 0 Å². The maximum absolute atomic E-state index is 12.8. The second kappa shape index (κ2) is 6.34. The van der Waals surface area contributed by atoms with Crippen LogP contribution in [0.2, 0.25) is 0 Å². The maximum atomic E-state index is 12.8. The Balaban J connectivity index is 0.00000106. The van der Waals surface area contributed by atoms with Crippen molar-refractivity contribution in [2.45, 2.75) is 70.3 Å². The summed E-state index contributed by atoms with van der Waals surface area (Å²) in [5.41, 5.74) is -4.56. The summed E-state index contributed by atoms with van der Waals surface area (Å²) in [5, 5.41) is 9.38. The third kappa shape index (κ3) is 3.32. The molecule has 2 aliphatic carbocycles. The molecule has 21 heavy (non-hydrogen) atoms. The Bertz CT molecular complexity index is 321. The summed E-state index contributed by atoms with van der Waals surface area (Å²) < 4.78 is 76.6. The maximum Gasteiger partial charge on any atom is 0.426 e. The van der Waals surface area contributed by atoms with Crippen LogP contribution in [0.1, 0.15) is 52.4 Å². The predicted molar refractivity (Wildman–Crippen MR) is 66.6 cm³/mol. The van der Waals surface area contributed by atoms with E-state index < -0.39 is 23.9 Å². The molecule has 2 aliphatic rings. The summed E-state index contributed by atoms with van der Waals surface area (Å²) in [6.07, 6.45) is -8.98. The molecule has 2 saturated carbocycles. The zero-order valence-electron chi connectivity index (χ0n) is 12.2. The van der Waals surface area contributed by atoms with E-state index in [-0.39, 0.29) is 24.7 Å². The highest BCUT2D eigenvalue weighted by atomic mass is 19.4. The number of alkyl halides is 6. The lowest BCUT2D eigenvalue weighted by atomic mass is 9.69. The van der Waals surface area contributed by atoms with E-state index >= 15 is 0 Å². The van der Waals surface area contributed by atoms with E-state index in [2.05, 4.69) is 0 Å². The fourth-order valence-electron chi connectivity index (χ4n) is 3.71. The monoisotopic (exact) mass is 320 g/mol. The van der Waals surface area contributed by atoms with Crippen molar-refractivity contribution in [3.8, 4) is 0 Å². The van der Waals surface area contributed by atoms with Crippen LogP contribution in [0, 0.1) is 17.8 Å². The van der Waals surface area contributed by atoms with Crippen molar-refractivity contribution >= 4 is 0 Å². The van der Waals surface area contributed by atoms with E-state index in [1.54, 1.807) is 0 Å². The molecule has 0 bridgehead atoms. The number of hydrogen-bond donors (Lipinski definition) is 1. The topological polar surface area (TPSA) is 20.2 Å². The van der Waals surface area contributed by atoms with Crippen molar-refractivity contribution in [2.75, 3.05) is 0 Å². The number of aliphatic hydroxyl groups is 1. The molecular weight excluding hydrogens is 298 g/mol. The van der Waals surface area contributed by atoms with E-state index in [4.69, 9.17) is 0 Å². The van der Waals surface area contributed by atoms with Gasteiger partial charge in [-0.25, -0.2) is 0 Å². The first kappa shape index (κ1) is 18.6. The molecule has 2 rings (SSSR count). The summed E-state index contributed by atoms with van der Waals surface area (Å²) in [5.74, 6) is -1.64. The van der Waals surface area contributed by atoms with Crippen LogP contribution in [0.15, 0.2) is 0 Å². The lowest BCUT2D eigenvalue weighted by Gasteiger charge is -2.43. The van der Waals surface area contributed by atoms with Crippen molar-refractivity contribution in [3.63, 3.8) is 0 Å². The molecule has 1 nitrogen and oxygen atoms in total. The Morgan fingerprint density at radius 2 is 1.24 bits per heavy atom. The van der Waals surface area contributed by atoms with E-state index in [9.17, 15) is 31.4 Å². The van der Waals surface area contributed by atoms with Crippen molar-refractivity contribution in [1.29, 1.82) is 0 Å². The number of hydrogen-bond acceptors (Lipinski definition) is 1. The van der Waals surface area contributed by atoms with Gasteiger partial charge < -0.3 is 5.11 Å². The first-order valence-corrected chi connectivity index (χ1v) is 7.43. The Morgan fingerprint density at radius 3 is 1.71 bits per heavy atom. The molecule has 0 heterocycles.